The standard InChI is InChI=1S/C13H19NO2/c1-4-14(12(15)13(2,3)16)10-11-8-6-5-7-9-11/h5-9,16H,4,10H2,1-3H3. The number of aliphatic hydroxyl groups is 1. The number of nitrogens with zero attached hydrogens (tertiary/aromatic N) is 1. The summed E-state index contributed by atoms with van der Waals surface area (Å²) < 4.78 is 0. The number of rotatable bonds is 4. The van der Waals surface area contributed by atoms with Gasteiger partial charge in [0.1, 0.15) is 5.60 Å². The third kappa shape index (κ3) is 3.35. The molecule has 0 radical (unpaired) electrons. The lowest BCUT2D eigenvalue weighted by Gasteiger charge is -2.27. The van der Waals surface area contributed by atoms with Gasteiger partial charge in [-0.25, -0.2) is 0 Å². The van der Waals surface area contributed by atoms with Crippen LogP contribution in [0.15, 0.2) is 30.3 Å². The molecule has 1 aromatic rings. The van der Waals surface area contributed by atoms with Gasteiger partial charge < -0.3 is 10.0 Å². The summed E-state index contributed by atoms with van der Waals surface area (Å²) in [6, 6.07) is 9.77. The molecule has 1 aromatic carbocycles. The minimum Gasteiger partial charge on any atom is -0.381 e. The molecule has 3 heteroatoms. The average molecular weight is 221 g/mol. The van der Waals surface area contributed by atoms with Gasteiger partial charge in [0.25, 0.3) is 5.91 Å². The smallest absolute Gasteiger partial charge is 0.254 e. The minimum atomic E-state index is -1.30. The van der Waals surface area contributed by atoms with E-state index < -0.39 is 5.60 Å². The van der Waals surface area contributed by atoms with Crippen molar-refractivity contribution < 1.29 is 9.90 Å². The van der Waals surface area contributed by atoms with Crippen LogP contribution in [-0.2, 0) is 11.3 Å². The Morgan fingerprint density at radius 3 is 2.31 bits per heavy atom. The number of hydrogen-bond acceptors (Lipinski definition) is 2. The molecular formula is C13H19NO2. The fraction of sp³-hybridized carbons (Fsp3) is 0.462. The molecule has 0 aliphatic rings. The number of carbonyl (C=O) groups is 1. The molecule has 16 heavy (non-hydrogen) atoms. The van der Waals surface area contributed by atoms with E-state index in [1.807, 2.05) is 37.3 Å². The van der Waals surface area contributed by atoms with Crippen molar-refractivity contribution in [1.82, 2.24) is 4.90 Å². The summed E-state index contributed by atoms with van der Waals surface area (Å²) in [4.78, 5) is 13.5. The molecule has 88 valence electrons. The Morgan fingerprint density at radius 1 is 1.31 bits per heavy atom. The van der Waals surface area contributed by atoms with E-state index in [0.29, 0.717) is 13.1 Å². The zero-order valence-electron chi connectivity index (χ0n) is 10.1. The van der Waals surface area contributed by atoms with E-state index in [9.17, 15) is 9.90 Å². The van der Waals surface area contributed by atoms with Gasteiger partial charge in [-0.1, -0.05) is 30.3 Å². The SMILES string of the molecule is CCN(Cc1ccccc1)C(=O)C(C)(C)O. The molecule has 0 atom stereocenters. The fourth-order valence-electron chi connectivity index (χ4n) is 1.52. The maximum Gasteiger partial charge on any atom is 0.254 e. The first-order chi connectivity index (χ1) is 7.45. The van der Waals surface area contributed by atoms with Gasteiger partial charge in [0, 0.05) is 13.1 Å². The predicted octanol–water partition coefficient (Wildman–Crippen LogP) is 1.81. The summed E-state index contributed by atoms with van der Waals surface area (Å²) in [6.45, 7) is 6.08. The van der Waals surface area contributed by atoms with E-state index in [1.165, 1.54) is 13.8 Å². The van der Waals surface area contributed by atoms with Crippen LogP contribution < -0.4 is 0 Å². The number of amides is 1. The van der Waals surface area contributed by atoms with Crippen molar-refractivity contribution in [1.29, 1.82) is 0 Å². The number of carbonyl (C=O) groups excluding carboxylic acids is 1. The topological polar surface area (TPSA) is 40.5 Å². The van der Waals surface area contributed by atoms with Crippen molar-refractivity contribution >= 4 is 5.91 Å². The molecule has 0 bridgehead atoms. The van der Waals surface area contributed by atoms with Gasteiger partial charge in [0.15, 0.2) is 0 Å². The second-order valence-electron chi connectivity index (χ2n) is 4.36. The molecule has 0 unspecified atom stereocenters. The van der Waals surface area contributed by atoms with E-state index >= 15 is 0 Å². The Labute approximate surface area is 96.7 Å². The van der Waals surface area contributed by atoms with Gasteiger partial charge in [-0.3, -0.25) is 4.79 Å². The first kappa shape index (κ1) is 12.7. The minimum absolute atomic E-state index is 0.237. The normalized spacial score (nSPS) is 11.2. The zero-order chi connectivity index (χ0) is 12.2. The van der Waals surface area contributed by atoms with Crippen molar-refractivity contribution in [2.75, 3.05) is 6.54 Å². The Hall–Kier alpha value is -1.35. The average Bonchev–Trinajstić information content (AvgIpc) is 2.25. The third-order valence-corrected chi connectivity index (χ3v) is 2.41. The zero-order valence-corrected chi connectivity index (χ0v) is 10.1. The molecule has 0 aliphatic carbocycles. The molecule has 1 rings (SSSR count). The van der Waals surface area contributed by atoms with Crippen LogP contribution in [0, 0.1) is 0 Å². The highest BCUT2D eigenvalue weighted by Crippen LogP contribution is 2.11. The van der Waals surface area contributed by atoms with Crippen molar-refractivity contribution in [3.05, 3.63) is 35.9 Å². The van der Waals surface area contributed by atoms with E-state index in [0.717, 1.165) is 5.56 Å². The van der Waals surface area contributed by atoms with Crippen LogP contribution in [0.2, 0.25) is 0 Å². The molecule has 0 fully saturated rings. The molecule has 0 spiro atoms. The Balaban J connectivity index is 2.74. The molecule has 1 amide bonds. The first-order valence-electron chi connectivity index (χ1n) is 5.51. The highest BCUT2D eigenvalue weighted by molar-refractivity contribution is 5.84. The Morgan fingerprint density at radius 2 is 1.88 bits per heavy atom. The summed E-state index contributed by atoms with van der Waals surface area (Å²) in [7, 11) is 0. The quantitative estimate of drug-likeness (QED) is 0.842. The van der Waals surface area contributed by atoms with Gasteiger partial charge in [-0.15, -0.1) is 0 Å². The van der Waals surface area contributed by atoms with Gasteiger partial charge in [-0.2, -0.15) is 0 Å². The van der Waals surface area contributed by atoms with Gasteiger partial charge >= 0.3 is 0 Å². The monoisotopic (exact) mass is 221 g/mol. The fourth-order valence-corrected chi connectivity index (χ4v) is 1.52. The van der Waals surface area contributed by atoms with E-state index in [-0.39, 0.29) is 5.91 Å². The summed E-state index contributed by atoms with van der Waals surface area (Å²) in [5.41, 5.74) is -0.230. The second kappa shape index (κ2) is 5.12. The van der Waals surface area contributed by atoms with Gasteiger partial charge in [-0.05, 0) is 26.3 Å². The van der Waals surface area contributed by atoms with E-state index in [1.54, 1.807) is 4.90 Å². The third-order valence-electron chi connectivity index (χ3n) is 2.41. The number of likely N-dealkylation sites (N-methyl/N-ethyl adjacent to an activating group) is 1. The van der Waals surface area contributed by atoms with Gasteiger partial charge in [0.05, 0.1) is 0 Å². The highest BCUT2D eigenvalue weighted by atomic mass is 16.3. The summed E-state index contributed by atoms with van der Waals surface area (Å²) >= 11 is 0. The highest BCUT2D eigenvalue weighted by Gasteiger charge is 2.28. The molecule has 0 saturated heterocycles. The predicted molar refractivity (Wildman–Crippen MR) is 63.8 cm³/mol. The Kier molecular flexibility index (Phi) is 4.07. The molecule has 0 saturated carbocycles. The molecular weight excluding hydrogens is 202 g/mol. The molecule has 0 heterocycles. The lowest BCUT2D eigenvalue weighted by molar-refractivity contribution is -0.148. The lowest BCUT2D eigenvalue weighted by atomic mass is 10.1. The second-order valence-corrected chi connectivity index (χ2v) is 4.36. The molecule has 0 aromatic heterocycles. The van der Waals surface area contributed by atoms with Crippen molar-refractivity contribution in [2.45, 2.75) is 32.9 Å². The molecule has 0 aliphatic heterocycles. The maximum atomic E-state index is 11.9. The number of hydrogen-bond donors (Lipinski definition) is 1. The first-order valence-corrected chi connectivity index (χ1v) is 5.51. The maximum absolute atomic E-state index is 11.9. The summed E-state index contributed by atoms with van der Waals surface area (Å²) in [5, 5.41) is 9.67. The summed E-state index contributed by atoms with van der Waals surface area (Å²) in [5.74, 6) is -0.237. The van der Waals surface area contributed by atoms with E-state index in [2.05, 4.69) is 0 Å². The lowest BCUT2D eigenvalue weighted by Crippen LogP contribution is -2.44. The Bertz CT molecular complexity index is 341. The summed E-state index contributed by atoms with van der Waals surface area (Å²) in [6.07, 6.45) is 0. The van der Waals surface area contributed by atoms with Crippen molar-refractivity contribution in [3.63, 3.8) is 0 Å². The van der Waals surface area contributed by atoms with Crippen LogP contribution in [-0.4, -0.2) is 28.1 Å². The largest absolute Gasteiger partial charge is 0.381 e. The molecule has 3 nitrogen and oxygen atoms in total. The van der Waals surface area contributed by atoms with Crippen molar-refractivity contribution in [3.8, 4) is 0 Å². The van der Waals surface area contributed by atoms with Crippen LogP contribution in [0.4, 0.5) is 0 Å². The van der Waals surface area contributed by atoms with Gasteiger partial charge in [0.2, 0.25) is 0 Å². The van der Waals surface area contributed by atoms with Crippen LogP contribution >= 0.6 is 0 Å². The number of benzene rings is 1. The van der Waals surface area contributed by atoms with Crippen LogP contribution in [0.25, 0.3) is 0 Å². The van der Waals surface area contributed by atoms with Crippen LogP contribution in [0.1, 0.15) is 26.3 Å². The molecule has 1 N–H and O–H groups in total. The van der Waals surface area contributed by atoms with E-state index in [4.69, 9.17) is 0 Å². The van der Waals surface area contributed by atoms with Crippen LogP contribution in [0.3, 0.4) is 0 Å². The van der Waals surface area contributed by atoms with Crippen molar-refractivity contribution in [2.24, 2.45) is 0 Å². The van der Waals surface area contributed by atoms with Crippen LogP contribution in [0.5, 0.6) is 0 Å².